The van der Waals surface area contributed by atoms with E-state index < -0.39 is 0 Å². The molecule has 3 rings (SSSR count). The number of hydrogen-bond donors (Lipinski definition) is 1. The Morgan fingerprint density at radius 2 is 2.50 bits per heavy atom. The lowest BCUT2D eigenvalue weighted by Crippen LogP contribution is -2.39. The van der Waals surface area contributed by atoms with Crippen molar-refractivity contribution in [2.45, 2.75) is 25.2 Å². The van der Waals surface area contributed by atoms with Crippen LogP contribution in [0, 0.1) is 0 Å². The van der Waals surface area contributed by atoms with Crippen molar-refractivity contribution in [3.05, 3.63) is 35.8 Å². The highest BCUT2D eigenvalue weighted by atomic mass is 16.5. The zero-order valence-corrected chi connectivity index (χ0v) is 12.6. The number of nitrogens with zero attached hydrogens (tertiary/aromatic N) is 3. The lowest BCUT2D eigenvalue weighted by molar-refractivity contribution is 0.0672. The fourth-order valence-corrected chi connectivity index (χ4v) is 2.73. The Labute approximate surface area is 128 Å². The van der Waals surface area contributed by atoms with E-state index in [1.807, 2.05) is 4.90 Å². The molecule has 0 bridgehead atoms. The van der Waals surface area contributed by atoms with Crippen LogP contribution in [0.25, 0.3) is 0 Å². The Morgan fingerprint density at radius 1 is 1.59 bits per heavy atom. The molecule has 2 aromatic heterocycles. The van der Waals surface area contributed by atoms with Gasteiger partial charge in [0.25, 0.3) is 5.91 Å². The third kappa shape index (κ3) is 3.19. The minimum absolute atomic E-state index is 0.0650. The molecular formula is C15H20N4O3. The minimum atomic E-state index is -0.0650. The van der Waals surface area contributed by atoms with Crippen molar-refractivity contribution < 1.29 is 13.9 Å². The summed E-state index contributed by atoms with van der Waals surface area (Å²) in [6.07, 6.45) is 4.17. The summed E-state index contributed by atoms with van der Waals surface area (Å²) in [7, 11) is 1.66. The number of hydrogen-bond acceptors (Lipinski definition) is 5. The van der Waals surface area contributed by atoms with Crippen LogP contribution in [-0.4, -0.2) is 52.8 Å². The molecule has 1 aliphatic rings. The second-order valence-corrected chi connectivity index (χ2v) is 5.45. The van der Waals surface area contributed by atoms with Gasteiger partial charge < -0.3 is 14.1 Å². The number of aromatic amines is 1. The maximum Gasteiger partial charge on any atom is 0.289 e. The summed E-state index contributed by atoms with van der Waals surface area (Å²) in [5, 5.41) is 7.24. The van der Waals surface area contributed by atoms with Crippen molar-refractivity contribution in [2.24, 2.45) is 0 Å². The van der Waals surface area contributed by atoms with Crippen molar-refractivity contribution in [3.8, 4) is 0 Å². The SMILES string of the molecule is COCCc1nc([C@H]2CCCN(C(=O)c3ccco3)C2)n[nH]1. The largest absolute Gasteiger partial charge is 0.459 e. The fraction of sp³-hybridized carbons (Fsp3) is 0.533. The van der Waals surface area contributed by atoms with Crippen molar-refractivity contribution >= 4 is 5.91 Å². The number of amides is 1. The van der Waals surface area contributed by atoms with E-state index in [0.29, 0.717) is 25.3 Å². The molecule has 1 saturated heterocycles. The molecule has 3 heterocycles. The summed E-state index contributed by atoms with van der Waals surface area (Å²) < 4.78 is 10.2. The number of carbonyl (C=O) groups is 1. The van der Waals surface area contributed by atoms with E-state index in [2.05, 4.69) is 15.2 Å². The number of methoxy groups -OCH3 is 1. The number of rotatable bonds is 5. The van der Waals surface area contributed by atoms with Gasteiger partial charge in [-0.15, -0.1) is 0 Å². The monoisotopic (exact) mass is 304 g/mol. The lowest BCUT2D eigenvalue weighted by Gasteiger charge is -2.30. The first-order valence-electron chi connectivity index (χ1n) is 7.51. The first-order chi connectivity index (χ1) is 10.8. The van der Waals surface area contributed by atoms with E-state index in [9.17, 15) is 4.79 Å². The molecule has 1 N–H and O–H groups in total. The zero-order chi connectivity index (χ0) is 15.4. The molecule has 0 aliphatic carbocycles. The fourth-order valence-electron chi connectivity index (χ4n) is 2.73. The highest BCUT2D eigenvalue weighted by Crippen LogP contribution is 2.25. The molecule has 118 valence electrons. The molecule has 0 saturated carbocycles. The van der Waals surface area contributed by atoms with Crippen LogP contribution in [0.1, 0.15) is 41.0 Å². The molecule has 1 amide bonds. The zero-order valence-electron chi connectivity index (χ0n) is 12.6. The van der Waals surface area contributed by atoms with Gasteiger partial charge in [-0.1, -0.05) is 0 Å². The number of carbonyl (C=O) groups excluding carboxylic acids is 1. The molecule has 0 aromatic carbocycles. The van der Waals surface area contributed by atoms with Crippen LogP contribution in [0.5, 0.6) is 0 Å². The molecule has 0 unspecified atom stereocenters. The number of ether oxygens (including phenoxy) is 1. The second-order valence-electron chi connectivity index (χ2n) is 5.45. The first-order valence-corrected chi connectivity index (χ1v) is 7.51. The van der Waals surface area contributed by atoms with Gasteiger partial charge in [0.1, 0.15) is 5.82 Å². The summed E-state index contributed by atoms with van der Waals surface area (Å²) in [6.45, 7) is 1.99. The molecule has 0 radical (unpaired) electrons. The summed E-state index contributed by atoms with van der Waals surface area (Å²) in [5.41, 5.74) is 0. The highest BCUT2D eigenvalue weighted by molar-refractivity contribution is 5.91. The third-order valence-electron chi connectivity index (χ3n) is 3.90. The van der Waals surface area contributed by atoms with E-state index in [4.69, 9.17) is 9.15 Å². The normalized spacial score (nSPS) is 18.6. The number of likely N-dealkylation sites (tertiary alicyclic amines) is 1. The van der Waals surface area contributed by atoms with Crippen LogP contribution < -0.4 is 0 Å². The summed E-state index contributed by atoms with van der Waals surface area (Å²) in [5.74, 6) is 2.09. The van der Waals surface area contributed by atoms with Gasteiger partial charge in [0.15, 0.2) is 11.6 Å². The third-order valence-corrected chi connectivity index (χ3v) is 3.90. The van der Waals surface area contributed by atoms with Gasteiger partial charge in [-0.3, -0.25) is 9.89 Å². The van der Waals surface area contributed by atoms with Crippen LogP contribution >= 0.6 is 0 Å². The summed E-state index contributed by atoms with van der Waals surface area (Å²) >= 11 is 0. The smallest absolute Gasteiger partial charge is 0.289 e. The number of H-pyrrole nitrogens is 1. The molecule has 7 nitrogen and oxygen atoms in total. The Kier molecular flexibility index (Phi) is 4.53. The number of aromatic nitrogens is 3. The van der Waals surface area contributed by atoms with E-state index in [-0.39, 0.29) is 11.8 Å². The van der Waals surface area contributed by atoms with Gasteiger partial charge in [0, 0.05) is 32.5 Å². The van der Waals surface area contributed by atoms with Gasteiger partial charge in [-0.2, -0.15) is 5.10 Å². The summed E-state index contributed by atoms with van der Waals surface area (Å²) in [4.78, 5) is 18.7. The Bertz CT molecular complexity index is 608. The lowest BCUT2D eigenvalue weighted by atomic mass is 9.97. The average molecular weight is 304 g/mol. The van der Waals surface area contributed by atoms with Gasteiger partial charge >= 0.3 is 0 Å². The van der Waals surface area contributed by atoms with Gasteiger partial charge in [0.2, 0.25) is 0 Å². The second kappa shape index (κ2) is 6.74. The van der Waals surface area contributed by atoms with Crippen LogP contribution in [0.3, 0.4) is 0 Å². The molecule has 7 heteroatoms. The molecule has 1 atom stereocenters. The predicted molar refractivity (Wildman–Crippen MR) is 78.5 cm³/mol. The maximum atomic E-state index is 12.4. The minimum Gasteiger partial charge on any atom is -0.459 e. The Hall–Kier alpha value is -2.15. The Morgan fingerprint density at radius 3 is 3.27 bits per heavy atom. The van der Waals surface area contributed by atoms with Crippen LogP contribution in [0.2, 0.25) is 0 Å². The van der Waals surface area contributed by atoms with Gasteiger partial charge in [-0.05, 0) is 25.0 Å². The molecule has 1 fully saturated rings. The van der Waals surface area contributed by atoms with Crippen molar-refractivity contribution in [3.63, 3.8) is 0 Å². The van der Waals surface area contributed by atoms with E-state index in [0.717, 1.165) is 31.0 Å². The molecule has 1 aliphatic heterocycles. The quantitative estimate of drug-likeness (QED) is 0.907. The highest BCUT2D eigenvalue weighted by Gasteiger charge is 2.28. The van der Waals surface area contributed by atoms with Crippen molar-refractivity contribution in [1.82, 2.24) is 20.1 Å². The standard InChI is InChI=1S/C15H20N4O3/c1-21-9-6-13-16-14(18-17-13)11-4-2-7-19(10-11)15(20)12-5-3-8-22-12/h3,5,8,11H,2,4,6-7,9-10H2,1H3,(H,16,17,18)/t11-/m0/s1. The average Bonchev–Trinajstić information content (AvgIpc) is 3.24. The predicted octanol–water partition coefficient (Wildman–Crippen LogP) is 1.61. The molecular weight excluding hydrogens is 284 g/mol. The first kappa shape index (κ1) is 14.8. The maximum absolute atomic E-state index is 12.4. The number of piperidine rings is 1. The van der Waals surface area contributed by atoms with Crippen molar-refractivity contribution in [1.29, 1.82) is 0 Å². The molecule has 2 aromatic rings. The van der Waals surface area contributed by atoms with E-state index in [1.54, 1.807) is 19.2 Å². The van der Waals surface area contributed by atoms with Crippen LogP contribution in [-0.2, 0) is 11.2 Å². The number of nitrogens with one attached hydrogen (secondary N) is 1. The summed E-state index contributed by atoms with van der Waals surface area (Å²) in [6, 6.07) is 3.42. The van der Waals surface area contributed by atoms with E-state index >= 15 is 0 Å². The topological polar surface area (TPSA) is 84.2 Å². The van der Waals surface area contributed by atoms with Crippen molar-refractivity contribution in [2.75, 3.05) is 26.8 Å². The van der Waals surface area contributed by atoms with Crippen LogP contribution in [0.4, 0.5) is 0 Å². The van der Waals surface area contributed by atoms with E-state index in [1.165, 1.54) is 6.26 Å². The number of furan rings is 1. The van der Waals surface area contributed by atoms with Gasteiger partial charge in [-0.25, -0.2) is 4.98 Å². The molecule has 0 spiro atoms. The van der Waals surface area contributed by atoms with Gasteiger partial charge in [0.05, 0.1) is 12.9 Å². The van der Waals surface area contributed by atoms with Crippen LogP contribution in [0.15, 0.2) is 22.8 Å². The molecule has 22 heavy (non-hydrogen) atoms. The Balaban J connectivity index is 1.65.